The summed E-state index contributed by atoms with van der Waals surface area (Å²) in [5.41, 5.74) is 0. The average Bonchev–Trinajstić information content (AvgIpc) is 2.58. The van der Waals surface area contributed by atoms with Crippen LogP contribution in [0, 0.1) is 11.8 Å². The fourth-order valence-electron chi connectivity index (χ4n) is 3.45. The minimum Gasteiger partial charge on any atom is -0.266 e. The predicted octanol–water partition coefficient (Wildman–Crippen LogP) is 1.45. The molecule has 7 heteroatoms. The molecule has 0 aromatic carbocycles. The summed E-state index contributed by atoms with van der Waals surface area (Å²) in [6.45, 7) is 0. The van der Waals surface area contributed by atoms with Crippen LogP contribution in [0.5, 0.6) is 0 Å². The van der Waals surface area contributed by atoms with Crippen molar-refractivity contribution in [2.24, 2.45) is 11.8 Å². The van der Waals surface area contributed by atoms with Gasteiger partial charge >= 0.3 is 6.18 Å². The monoisotopic (exact) mass is 242 g/mol. The maximum absolute atomic E-state index is 12.9. The number of halogens is 3. The van der Waals surface area contributed by atoms with E-state index in [1.54, 1.807) is 0 Å². The highest BCUT2D eigenvalue weighted by Crippen LogP contribution is 2.65. The van der Waals surface area contributed by atoms with Crippen LogP contribution in [0.25, 0.3) is 0 Å². The minimum absolute atomic E-state index is 0.140. The Hall–Kier alpha value is -0.300. The Kier molecular flexibility index (Phi) is 1.55. The lowest BCUT2D eigenvalue weighted by Crippen LogP contribution is -2.52. The van der Waals surface area contributed by atoms with Gasteiger partial charge in [0.2, 0.25) is 0 Å². The van der Waals surface area contributed by atoms with Crippen molar-refractivity contribution in [1.82, 2.24) is 0 Å². The van der Waals surface area contributed by atoms with Gasteiger partial charge < -0.3 is 0 Å². The van der Waals surface area contributed by atoms with Crippen molar-refractivity contribution in [2.75, 3.05) is 0 Å². The Labute approximate surface area is 84.7 Å². The van der Waals surface area contributed by atoms with E-state index in [4.69, 9.17) is 0 Å². The maximum Gasteiger partial charge on any atom is 0.410 e. The molecular weight excluding hydrogens is 233 g/mol. The molecule has 3 fully saturated rings. The molecular formula is C8H9F3O3S. The van der Waals surface area contributed by atoms with Crippen molar-refractivity contribution in [2.45, 2.75) is 36.3 Å². The molecule has 4 atom stereocenters. The van der Waals surface area contributed by atoms with E-state index in [0.29, 0.717) is 12.8 Å². The van der Waals surface area contributed by atoms with E-state index >= 15 is 0 Å². The van der Waals surface area contributed by atoms with Crippen LogP contribution >= 0.6 is 0 Å². The zero-order valence-electron chi connectivity index (χ0n) is 7.62. The molecule has 2 bridgehead atoms. The Balaban J connectivity index is 2.22. The van der Waals surface area contributed by atoms with Gasteiger partial charge in [0.25, 0.3) is 10.1 Å². The van der Waals surface area contributed by atoms with Crippen LogP contribution in [-0.2, 0) is 14.3 Å². The highest BCUT2D eigenvalue weighted by atomic mass is 32.2. The van der Waals surface area contributed by atoms with Crippen LogP contribution in [0.2, 0.25) is 0 Å². The molecule has 3 aliphatic rings. The van der Waals surface area contributed by atoms with Gasteiger partial charge in [0, 0.05) is 5.92 Å². The van der Waals surface area contributed by atoms with Gasteiger partial charge in [0.1, 0.15) is 0 Å². The molecule has 2 aliphatic carbocycles. The standard InChI is InChI=1S/C8H9F3O3S/c9-8(10,11)7-3-4-1-5(7)6(2-4)14-15(7,12)13/h4-6H,1-3H2. The van der Waals surface area contributed by atoms with Gasteiger partial charge in [-0.2, -0.15) is 21.6 Å². The lowest BCUT2D eigenvalue weighted by molar-refractivity contribution is -0.171. The van der Waals surface area contributed by atoms with E-state index < -0.39 is 33.1 Å². The second kappa shape index (κ2) is 2.34. The summed E-state index contributed by atoms with van der Waals surface area (Å²) in [6, 6.07) is 0. The lowest BCUT2D eigenvalue weighted by Gasteiger charge is -2.30. The second-order valence-corrected chi connectivity index (χ2v) is 6.45. The SMILES string of the molecule is O=S1(=O)OC2CC3CC2C1(C(F)(F)F)C3. The van der Waals surface area contributed by atoms with E-state index in [2.05, 4.69) is 4.18 Å². The molecule has 0 amide bonds. The number of rotatable bonds is 0. The van der Waals surface area contributed by atoms with Crippen molar-refractivity contribution in [3.05, 3.63) is 0 Å². The third-order valence-corrected chi connectivity index (χ3v) is 6.06. The third kappa shape index (κ3) is 0.898. The van der Waals surface area contributed by atoms with Gasteiger partial charge in [-0.1, -0.05) is 0 Å². The number of alkyl halides is 3. The molecule has 3 nitrogen and oxygen atoms in total. The first kappa shape index (κ1) is 9.89. The molecule has 15 heavy (non-hydrogen) atoms. The first-order valence-electron chi connectivity index (χ1n) is 4.77. The summed E-state index contributed by atoms with van der Waals surface area (Å²) in [5.74, 6) is -1.01. The smallest absolute Gasteiger partial charge is 0.266 e. The molecule has 0 radical (unpaired) electrons. The summed E-state index contributed by atoms with van der Waals surface area (Å²) in [7, 11) is -4.48. The average molecular weight is 242 g/mol. The molecule has 1 heterocycles. The van der Waals surface area contributed by atoms with Crippen molar-refractivity contribution in [3.8, 4) is 0 Å². The summed E-state index contributed by atoms with van der Waals surface area (Å²) >= 11 is 0. The van der Waals surface area contributed by atoms with Gasteiger partial charge in [0.05, 0.1) is 6.10 Å². The Bertz CT molecular complexity index is 415. The molecule has 4 unspecified atom stereocenters. The summed E-state index contributed by atoms with van der Waals surface area (Å²) < 4.78 is 63.8. The normalized spacial score (nSPS) is 51.3. The van der Waals surface area contributed by atoms with E-state index in [1.165, 1.54) is 0 Å². The molecule has 0 aromatic heterocycles. The zero-order valence-corrected chi connectivity index (χ0v) is 8.44. The Morgan fingerprint density at radius 2 is 1.93 bits per heavy atom. The topological polar surface area (TPSA) is 43.4 Å². The van der Waals surface area contributed by atoms with Crippen LogP contribution in [0.15, 0.2) is 0 Å². The second-order valence-electron chi connectivity index (χ2n) is 4.62. The first-order chi connectivity index (χ1) is 6.78. The molecule has 86 valence electrons. The molecule has 3 rings (SSSR count). The Morgan fingerprint density at radius 1 is 1.27 bits per heavy atom. The summed E-state index contributed by atoms with van der Waals surface area (Å²) in [5, 5.41) is 0. The van der Waals surface area contributed by atoms with Crippen LogP contribution in [0.1, 0.15) is 19.3 Å². The van der Waals surface area contributed by atoms with Gasteiger partial charge in [-0.25, -0.2) is 0 Å². The molecule has 0 aromatic rings. The van der Waals surface area contributed by atoms with Gasteiger partial charge in [0.15, 0.2) is 4.75 Å². The fourth-order valence-corrected chi connectivity index (χ4v) is 5.50. The van der Waals surface area contributed by atoms with Crippen LogP contribution in [-0.4, -0.2) is 25.4 Å². The highest BCUT2D eigenvalue weighted by Gasteiger charge is 2.79. The Morgan fingerprint density at radius 3 is 2.40 bits per heavy atom. The maximum atomic E-state index is 12.9. The molecule has 0 spiro atoms. The van der Waals surface area contributed by atoms with E-state index in [9.17, 15) is 21.6 Å². The minimum atomic E-state index is -4.71. The van der Waals surface area contributed by atoms with Crippen LogP contribution < -0.4 is 0 Å². The number of hydrogen-bond donors (Lipinski definition) is 0. The van der Waals surface area contributed by atoms with Crippen LogP contribution in [0.3, 0.4) is 0 Å². The molecule has 1 saturated heterocycles. The first-order valence-corrected chi connectivity index (χ1v) is 6.18. The largest absolute Gasteiger partial charge is 0.410 e. The lowest BCUT2D eigenvalue weighted by atomic mass is 9.85. The fraction of sp³-hybridized carbons (Fsp3) is 1.00. The summed E-state index contributed by atoms with van der Waals surface area (Å²) in [4.78, 5) is 0. The summed E-state index contributed by atoms with van der Waals surface area (Å²) in [6.07, 6.45) is -4.94. The van der Waals surface area contributed by atoms with Gasteiger partial charge in [-0.15, -0.1) is 0 Å². The van der Waals surface area contributed by atoms with E-state index in [1.807, 2.05) is 0 Å². The van der Waals surface area contributed by atoms with Crippen molar-refractivity contribution in [1.29, 1.82) is 0 Å². The van der Waals surface area contributed by atoms with Crippen LogP contribution in [0.4, 0.5) is 13.2 Å². The van der Waals surface area contributed by atoms with Gasteiger partial charge in [-0.05, 0) is 25.2 Å². The number of fused-ring (bicyclic) bond motifs is 1. The quantitative estimate of drug-likeness (QED) is 0.604. The highest BCUT2D eigenvalue weighted by molar-refractivity contribution is 7.88. The molecule has 1 aliphatic heterocycles. The van der Waals surface area contributed by atoms with E-state index in [-0.39, 0.29) is 12.3 Å². The third-order valence-electron chi connectivity index (χ3n) is 3.97. The van der Waals surface area contributed by atoms with Crippen molar-refractivity contribution in [3.63, 3.8) is 0 Å². The number of hydrogen-bond acceptors (Lipinski definition) is 3. The zero-order chi connectivity index (χ0) is 11.1. The predicted molar refractivity (Wildman–Crippen MR) is 43.4 cm³/mol. The molecule has 2 saturated carbocycles. The van der Waals surface area contributed by atoms with Gasteiger partial charge in [-0.3, -0.25) is 4.18 Å². The molecule has 0 N–H and O–H groups in total. The van der Waals surface area contributed by atoms with Crippen molar-refractivity contribution >= 4 is 10.1 Å². The van der Waals surface area contributed by atoms with Crippen molar-refractivity contribution < 1.29 is 25.8 Å². The van der Waals surface area contributed by atoms with E-state index in [0.717, 1.165) is 0 Å².